The monoisotopic (exact) mass is 379 g/mol. The molecule has 0 radical (unpaired) electrons. The number of aromatic nitrogens is 2. The van der Waals surface area contributed by atoms with Gasteiger partial charge in [-0.1, -0.05) is 13.8 Å². The van der Waals surface area contributed by atoms with E-state index >= 15 is 0 Å². The summed E-state index contributed by atoms with van der Waals surface area (Å²) in [6.07, 6.45) is -3.86. The van der Waals surface area contributed by atoms with E-state index in [0.29, 0.717) is 0 Å². The minimum Gasteiger partial charge on any atom is -0.465 e. The molecule has 0 aliphatic heterocycles. The summed E-state index contributed by atoms with van der Waals surface area (Å²) in [4.78, 5) is 26.8. The first-order chi connectivity index (χ1) is 11.8. The van der Waals surface area contributed by atoms with Crippen molar-refractivity contribution in [1.82, 2.24) is 9.55 Å². The number of rotatable bonds is 10. The highest BCUT2D eigenvalue weighted by molar-refractivity contribution is 6.17. The number of nitrogen functional groups attached to an aromatic ring is 1. The normalized spacial score (nSPS) is 15.0. The van der Waals surface area contributed by atoms with Gasteiger partial charge < -0.3 is 20.3 Å². The third-order valence-corrected chi connectivity index (χ3v) is 3.42. The fraction of sp³-hybridized carbons (Fsp3) is 0.667. The summed E-state index contributed by atoms with van der Waals surface area (Å²) in [5, 5.41) is 10.0. The van der Waals surface area contributed by atoms with Crippen LogP contribution in [0.15, 0.2) is 17.1 Å². The Morgan fingerprint density at radius 3 is 2.72 bits per heavy atom. The number of esters is 1. The first kappa shape index (κ1) is 21.3. The Morgan fingerprint density at radius 2 is 2.16 bits per heavy atom. The highest BCUT2D eigenvalue weighted by atomic mass is 35.5. The predicted octanol–water partition coefficient (Wildman–Crippen LogP) is 0.868. The zero-order valence-corrected chi connectivity index (χ0v) is 14.9. The number of carbonyl (C=O) groups is 1. The third kappa shape index (κ3) is 6.60. The molecule has 3 atom stereocenters. The molecule has 0 unspecified atom stereocenters. The van der Waals surface area contributed by atoms with Gasteiger partial charge in [-0.05, 0) is 6.07 Å². The van der Waals surface area contributed by atoms with Gasteiger partial charge in [0.15, 0.2) is 12.4 Å². The van der Waals surface area contributed by atoms with Gasteiger partial charge in [-0.25, -0.2) is 9.18 Å². The molecular formula is C15H23ClFN3O5. The lowest BCUT2D eigenvalue weighted by molar-refractivity contribution is -0.149. The van der Waals surface area contributed by atoms with Gasteiger partial charge in [-0.3, -0.25) is 9.36 Å². The van der Waals surface area contributed by atoms with Gasteiger partial charge in [-0.2, -0.15) is 4.98 Å². The second kappa shape index (κ2) is 10.3. The summed E-state index contributed by atoms with van der Waals surface area (Å²) in [5.74, 6) is -0.717. The number of nitrogens with two attached hydrogens (primary N) is 1. The number of anilines is 1. The maximum Gasteiger partial charge on any atom is 0.351 e. The Bertz CT molecular complexity index is 613. The SMILES string of the molecule is CC(C)C(=O)OCC[C@@H](O)[C@@H](F)[C@@H](OCCCl)n1ccc(N)nc1=O. The van der Waals surface area contributed by atoms with Gasteiger partial charge >= 0.3 is 11.7 Å². The standard InChI is InChI=1S/C15H23ClFN3O5/c1-9(2)14(22)25-7-4-10(21)12(17)13(24-8-5-16)20-6-3-11(18)19-15(20)23/h3,6,9-10,12-13,21H,4-5,7-8H2,1-2H3,(H2,18,19,23)/t10-,12-,13-/m1/s1. The molecule has 25 heavy (non-hydrogen) atoms. The van der Waals surface area contributed by atoms with Crippen LogP contribution in [0.4, 0.5) is 10.2 Å². The molecule has 0 aliphatic rings. The maximum absolute atomic E-state index is 14.7. The van der Waals surface area contributed by atoms with Crippen molar-refractivity contribution in [3.8, 4) is 0 Å². The van der Waals surface area contributed by atoms with Gasteiger partial charge in [0.1, 0.15) is 5.82 Å². The number of ether oxygens (including phenoxy) is 2. The molecule has 0 spiro atoms. The van der Waals surface area contributed by atoms with Crippen LogP contribution in [0.1, 0.15) is 26.5 Å². The van der Waals surface area contributed by atoms with E-state index in [2.05, 4.69) is 4.98 Å². The molecule has 1 rings (SSSR count). The summed E-state index contributed by atoms with van der Waals surface area (Å²) in [5.41, 5.74) is 4.59. The molecule has 10 heteroatoms. The van der Waals surface area contributed by atoms with Crippen LogP contribution in [0.5, 0.6) is 0 Å². The Balaban J connectivity index is 2.80. The van der Waals surface area contributed by atoms with Crippen molar-refractivity contribution in [3.05, 3.63) is 22.7 Å². The minimum absolute atomic E-state index is 0.0195. The van der Waals surface area contributed by atoms with E-state index in [1.807, 2.05) is 0 Å². The molecule has 0 bridgehead atoms. The molecule has 0 aromatic carbocycles. The van der Waals surface area contributed by atoms with Crippen LogP contribution >= 0.6 is 11.6 Å². The maximum atomic E-state index is 14.7. The molecule has 1 heterocycles. The van der Waals surface area contributed by atoms with Gasteiger partial charge in [0, 0.05) is 18.5 Å². The van der Waals surface area contributed by atoms with E-state index in [4.69, 9.17) is 26.8 Å². The lowest BCUT2D eigenvalue weighted by Crippen LogP contribution is -2.40. The average molecular weight is 380 g/mol. The lowest BCUT2D eigenvalue weighted by atomic mass is 10.1. The molecule has 142 valence electrons. The molecule has 1 aromatic heterocycles. The van der Waals surface area contributed by atoms with Crippen molar-refractivity contribution >= 4 is 23.4 Å². The largest absolute Gasteiger partial charge is 0.465 e. The minimum atomic E-state index is -1.97. The predicted molar refractivity (Wildman–Crippen MR) is 89.9 cm³/mol. The fourth-order valence-corrected chi connectivity index (χ4v) is 2.00. The number of alkyl halides is 2. The number of halogens is 2. The summed E-state index contributed by atoms with van der Waals surface area (Å²) >= 11 is 5.54. The number of aliphatic hydroxyl groups is 1. The van der Waals surface area contributed by atoms with Crippen molar-refractivity contribution in [3.63, 3.8) is 0 Å². The smallest absolute Gasteiger partial charge is 0.351 e. The first-order valence-corrected chi connectivity index (χ1v) is 8.32. The zero-order chi connectivity index (χ0) is 19.0. The molecule has 0 saturated carbocycles. The third-order valence-electron chi connectivity index (χ3n) is 3.26. The number of carbonyl (C=O) groups excluding carboxylic acids is 1. The van der Waals surface area contributed by atoms with Crippen molar-refractivity contribution in [1.29, 1.82) is 0 Å². The summed E-state index contributed by atoms with van der Waals surface area (Å²) in [7, 11) is 0. The zero-order valence-electron chi connectivity index (χ0n) is 14.1. The Hall–Kier alpha value is -1.71. The Morgan fingerprint density at radius 1 is 1.48 bits per heavy atom. The van der Waals surface area contributed by atoms with Gasteiger partial charge in [0.05, 0.1) is 25.2 Å². The molecule has 0 saturated heterocycles. The van der Waals surface area contributed by atoms with Crippen LogP contribution in [-0.2, 0) is 14.3 Å². The molecule has 3 N–H and O–H groups in total. The average Bonchev–Trinajstić information content (AvgIpc) is 2.55. The molecule has 8 nitrogen and oxygen atoms in total. The van der Waals surface area contributed by atoms with E-state index < -0.39 is 30.2 Å². The number of hydrogen-bond donors (Lipinski definition) is 2. The van der Waals surface area contributed by atoms with E-state index in [1.54, 1.807) is 13.8 Å². The summed E-state index contributed by atoms with van der Waals surface area (Å²) in [6.45, 7) is 3.12. The van der Waals surface area contributed by atoms with E-state index in [1.165, 1.54) is 12.3 Å². The topological polar surface area (TPSA) is 117 Å². The number of aliphatic hydroxyl groups excluding tert-OH is 1. The van der Waals surface area contributed by atoms with E-state index in [-0.39, 0.29) is 37.3 Å². The van der Waals surface area contributed by atoms with Gasteiger partial charge in [0.2, 0.25) is 0 Å². The van der Waals surface area contributed by atoms with Crippen LogP contribution in [-0.4, -0.2) is 52.0 Å². The number of hydrogen-bond acceptors (Lipinski definition) is 7. The van der Waals surface area contributed by atoms with Crippen LogP contribution in [0.2, 0.25) is 0 Å². The van der Waals surface area contributed by atoms with Crippen molar-refractivity contribution in [2.45, 2.75) is 38.8 Å². The van der Waals surface area contributed by atoms with E-state index in [9.17, 15) is 19.1 Å². The fourth-order valence-electron chi connectivity index (χ4n) is 1.91. The highest BCUT2D eigenvalue weighted by Gasteiger charge is 2.31. The summed E-state index contributed by atoms with van der Waals surface area (Å²) in [6, 6.07) is 1.31. The van der Waals surface area contributed by atoms with Crippen LogP contribution < -0.4 is 11.4 Å². The quantitative estimate of drug-likeness (QED) is 0.457. The molecule has 0 fully saturated rings. The molecule has 0 amide bonds. The molecule has 1 aromatic rings. The Kier molecular flexibility index (Phi) is 8.81. The summed E-state index contributed by atoms with van der Waals surface area (Å²) < 4.78 is 25.7. The van der Waals surface area contributed by atoms with Gasteiger partial charge in [-0.15, -0.1) is 11.6 Å². The van der Waals surface area contributed by atoms with Crippen LogP contribution in [0.3, 0.4) is 0 Å². The van der Waals surface area contributed by atoms with Crippen molar-refractivity contribution < 1.29 is 23.8 Å². The Labute approximate surface area is 149 Å². The second-order valence-electron chi connectivity index (χ2n) is 5.62. The number of nitrogens with zero attached hydrogens (tertiary/aromatic N) is 2. The lowest BCUT2D eigenvalue weighted by Gasteiger charge is -2.26. The molecular weight excluding hydrogens is 357 g/mol. The van der Waals surface area contributed by atoms with Crippen molar-refractivity contribution in [2.24, 2.45) is 5.92 Å². The van der Waals surface area contributed by atoms with E-state index in [0.717, 1.165) is 4.57 Å². The van der Waals surface area contributed by atoms with Crippen LogP contribution in [0, 0.1) is 5.92 Å². The highest BCUT2D eigenvalue weighted by Crippen LogP contribution is 2.20. The molecule has 0 aliphatic carbocycles. The second-order valence-corrected chi connectivity index (χ2v) is 5.99. The first-order valence-electron chi connectivity index (χ1n) is 7.79. The van der Waals surface area contributed by atoms with Crippen molar-refractivity contribution in [2.75, 3.05) is 24.8 Å². The van der Waals surface area contributed by atoms with Crippen LogP contribution in [0.25, 0.3) is 0 Å². The van der Waals surface area contributed by atoms with Gasteiger partial charge in [0.25, 0.3) is 0 Å².